The smallest absolute Gasteiger partial charge is 0.410 e. The number of carbonyl (C=O) groups is 2. The molecule has 2 aliphatic rings. The summed E-state index contributed by atoms with van der Waals surface area (Å²) in [7, 11) is -2.68. The average molecular weight is 673 g/mol. The first kappa shape index (κ1) is 38.5. The number of carbonyl (C=O) groups excluding carboxylic acids is 2. The van der Waals surface area contributed by atoms with Gasteiger partial charge in [0.1, 0.15) is 28.1 Å². The van der Waals surface area contributed by atoms with E-state index in [1.165, 1.54) is 4.90 Å². The van der Waals surface area contributed by atoms with Crippen LogP contribution in [-0.4, -0.2) is 98.6 Å². The molecule has 2 aliphatic heterocycles. The van der Waals surface area contributed by atoms with Gasteiger partial charge in [0.05, 0.1) is 57.6 Å². The number of aromatic nitrogens is 2. The summed E-state index contributed by atoms with van der Waals surface area (Å²) in [4.78, 5) is 35.7. The van der Waals surface area contributed by atoms with Crippen molar-refractivity contribution in [2.24, 2.45) is 5.73 Å². The fourth-order valence-corrected chi connectivity index (χ4v) is 5.65. The van der Waals surface area contributed by atoms with Crippen molar-refractivity contribution in [3.8, 4) is 0 Å². The zero-order valence-corrected chi connectivity index (χ0v) is 30.3. The SMILES string of the molecule is CC(C)(C)OC(=O)N1CC(NS(=O)C(C)(C)C)(C(=N)N)C1.CC(C)(C)OC(=O)N1CC(NS(=O)C(C)(C)C)(c2ncccn2)C1. The highest BCUT2D eigenvalue weighted by atomic mass is 32.2. The van der Waals surface area contributed by atoms with Crippen LogP contribution < -0.4 is 15.2 Å². The van der Waals surface area contributed by atoms with Crippen LogP contribution in [0.25, 0.3) is 0 Å². The van der Waals surface area contributed by atoms with Gasteiger partial charge in [-0.2, -0.15) is 0 Å². The van der Waals surface area contributed by atoms with Crippen molar-refractivity contribution >= 4 is 40.0 Å². The van der Waals surface area contributed by atoms with Crippen molar-refractivity contribution in [3.63, 3.8) is 0 Å². The van der Waals surface area contributed by atoms with Gasteiger partial charge in [-0.3, -0.25) is 5.41 Å². The lowest BCUT2D eigenvalue weighted by Gasteiger charge is -2.49. The van der Waals surface area contributed by atoms with Crippen LogP contribution in [0.15, 0.2) is 18.5 Å². The van der Waals surface area contributed by atoms with Crippen LogP contribution in [0.1, 0.15) is 88.9 Å². The first-order chi connectivity index (χ1) is 20.2. The lowest BCUT2D eigenvalue weighted by Crippen LogP contribution is -2.76. The molecule has 0 saturated carbocycles. The molecule has 1 aromatic rings. The lowest BCUT2D eigenvalue weighted by molar-refractivity contribution is -0.0142. The molecule has 0 radical (unpaired) electrons. The highest BCUT2D eigenvalue weighted by molar-refractivity contribution is 7.84. The third-order valence-corrected chi connectivity index (χ3v) is 9.72. The van der Waals surface area contributed by atoms with E-state index in [0.717, 1.165) is 0 Å². The summed E-state index contributed by atoms with van der Waals surface area (Å²) >= 11 is 0. The molecule has 45 heavy (non-hydrogen) atoms. The van der Waals surface area contributed by atoms with E-state index in [-0.39, 0.29) is 18.9 Å². The number of likely N-dealkylation sites (tertiary alicyclic amines) is 2. The Hall–Kier alpha value is -2.69. The fraction of sp³-hybridized carbons (Fsp3) is 0.759. The van der Waals surface area contributed by atoms with E-state index in [9.17, 15) is 18.0 Å². The molecule has 3 rings (SSSR count). The summed E-state index contributed by atoms with van der Waals surface area (Å²) in [5.41, 5.74) is 2.83. The van der Waals surface area contributed by atoms with Gasteiger partial charge in [0, 0.05) is 12.4 Å². The molecule has 2 fully saturated rings. The van der Waals surface area contributed by atoms with Gasteiger partial charge in [0.2, 0.25) is 0 Å². The lowest BCUT2D eigenvalue weighted by atomic mass is 9.90. The van der Waals surface area contributed by atoms with E-state index in [0.29, 0.717) is 18.9 Å². The number of nitrogens with zero attached hydrogens (tertiary/aromatic N) is 4. The average Bonchev–Trinajstić information content (AvgIpc) is 2.80. The van der Waals surface area contributed by atoms with Crippen molar-refractivity contribution in [3.05, 3.63) is 24.3 Å². The van der Waals surface area contributed by atoms with Crippen LogP contribution in [-0.2, 0) is 37.0 Å². The van der Waals surface area contributed by atoms with Gasteiger partial charge in [-0.15, -0.1) is 0 Å². The minimum absolute atomic E-state index is 0.125. The molecule has 1 aromatic heterocycles. The van der Waals surface area contributed by atoms with Gasteiger partial charge in [0.25, 0.3) is 0 Å². The van der Waals surface area contributed by atoms with Crippen LogP contribution in [0.5, 0.6) is 0 Å². The van der Waals surface area contributed by atoms with Crippen molar-refractivity contribution in [1.29, 1.82) is 5.41 Å². The second-order valence-corrected chi connectivity index (χ2v) is 19.2. The highest BCUT2D eigenvalue weighted by Gasteiger charge is 2.52. The van der Waals surface area contributed by atoms with Crippen molar-refractivity contribution < 1.29 is 27.5 Å². The second kappa shape index (κ2) is 13.6. The maximum absolute atomic E-state index is 12.6. The number of nitrogens with two attached hydrogens (primary N) is 1. The molecule has 14 nitrogen and oxygen atoms in total. The van der Waals surface area contributed by atoms with E-state index in [2.05, 4.69) is 19.4 Å². The number of nitrogens with one attached hydrogen (secondary N) is 3. The molecule has 0 aromatic carbocycles. The van der Waals surface area contributed by atoms with E-state index < -0.39 is 65.9 Å². The Labute approximate surface area is 272 Å². The van der Waals surface area contributed by atoms with Crippen molar-refractivity contribution in [1.82, 2.24) is 29.2 Å². The molecule has 3 heterocycles. The van der Waals surface area contributed by atoms with Crippen LogP contribution in [0.4, 0.5) is 9.59 Å². The molecule has 0 bridgehead atoms. The summed E-state index contributed by atoms with van der Waals surface area (Å²) in [6.45, 7) is 23.0. The summed E-state index contributed by atoms with van der Waals surface area (Å²) in [5.74, 6) is 0.405. The topological polar surface area (TPSA) is 193 Å². The zero-order chi connectivity index (χ0) is 34.8. The van der Waals surface area contributed by atoms with E-state index in [4.69, 9.17) is 20.6 Å². The first-order valence-corrected chi connectivity index (χ1v) is 17.0. The van der Waals surface area contributed by atoms with Gasteiger partial charge < -0.3 is 25.0 Å². The minimum Gasteiger partial charge on any atom is -0.444 e. The first-order valence-electron chi connectivity index (χ1n) is 14.7. The number of hydrogen-bond donors (Lipinski definition) is 4. The standard InChI is InChI=1S/C16H26N4O3S.C13H26N4O3S/c1-14(2,3)23-13(21)20-10-16(11-20,12-17-8-7-9-18-12)19-24(22)15(4,5)6;1-11(2,3)20-10(18)17-7-13(8-17,9(14)15)16-21(19)12(4,5)6/h7-9,19H,10-11H2,1-6H3;16H,7-8H2,1-6H3,(H3,14,15). The molecule has 256 valence electrons. The van der Waals surface area contributed by atoms with Crippen LogP contribution in [0.3, 0.4) is 0 Å². The van der Waals surface area contributed by atoms with Crippen LogP contribution >= 0.6 is 0 Å². The Morgan fingerprint density at radius 3 is 1.51 bits per heavy atom. The molecule has 2 atom stereocenters. The summed E-state index contributed by atoms with van der Waals surface area (Å²) < 4.78 is 40.5. The van der Waals surface area contributed by atoms with Crippen molar-refractivity contribution in [2.75, 3.05) is 26.2 Å². The molecule has 16 heteroatoms. The quantitative estimate of drug-likeness (QED) is 0.260. The zero-order valence-electron chi connectivity index (χ0n) is 28.7. The van der Waals surface area contributed by atoms with E-state index in [1.807, 2.05) is 62.3 Å². The molecule has 2 saturated heterocycles. The van der Waals surface area contributed by atoms with Gasteiger partial charge >= 0.3 is 12.2 Å². The Balaban J connectivity index is 0.000000317. The number of rotatable bonds is 6. The van der Waals surface area contributed by atoms with E-state index >= 15 is 0 Å². The molecule has 5 N–H and O–H groups in total. The van der Waals surface area contributed by atoms with Crippen LogP contribution in [0, 0.1) is 5.41 Å². The number of hydrogen-bond acceptors (Lipinski definition) is 9. The fourth-order valence-electron chi connectivity index (χ4n) is 3.87. The predicted molar refractivity (Wildman–Crippen MR) is 176 cm³/mol. The molecular weight excluding hydrogens is 621 g/mol. The van der Waals surface area contributed by atoms with Gasteiger partial charge in [0.15, 0.2) is 5.82 Å². The maximum Gasteiger partial charge on any atom is 0.410 e. The van der Waals surface area contributed by atoms with Gasteiger partial charge in [-0.25, -0.2) is 37.4 Å². The second-order valence-electron chi connectivity index (χ2n) is 15.3. The Morgan fingerprint density at radius 1 is 0.778 bits per heavy atom. The molecular formula is C29H52N8O6S2. The highest BCUT2D eigenvalue weighted by Crippen LogP contribution is 2.32. The third-order valence-electron chi connectivity index (χ3n) is 6.34. The number of amidine groups is 1. The van der Waals surface area contributed by atoms with Crippen molar-refractivity contribution in [2.45, 2.75) is 115 Å². The monoisotopic (exact) mass is 672 g/mol. The van der Waals surface area contributed by atoms with E-state index in [1.54, 1.807) is 44.1 Å². The summed E-state index contributed by atoms with van der Waals surface area (Å²) in [6.07, 6.45) is 2.43. The maximum atomic E-state index is 12.6. The Morgan fingerprint density at radius 2 is 1.16 bits per heavy atom. The molecule has 0 spiro atoms. The third kappa shape index (κ3) is 10.7. The minimum atomic E-state index is -1.37. The Bertz CT molecular complexity index is 1270. The normalized spacial score (nSPS) is 19.1. The van der Waals surface area contributed by atoms with Crippen LogP contribution in [0.2, 0.25) is 0 Å². The molecule has 2 amide bonds. The molecule has 2 unspecified atom stereocenters. The Kier molecular flexibility index (Phi) is 11.6. The largest absolute Gasteiger partial charge is 0.444 e. The van der Waals surface area contributed by atoms with Gasteiger partial charge in [-0.1, -0.05) is 0 Å². The molecule has 0 aliphatic carbocycles. The number of amides is 2. The number of ether oxygens (including phenoxy) is 2. The van der Waals surface area contributed by atoms with Gasteiger partial charge in [-0.05, 0) is 89.2 Å². The summed E-state index contributed by atoms with van der Waals surface area (Å²) in [6, 6.07) is 1.72. The summed E-state index contributed by atoms with van der Waals surface area (Å²) in [5, 5.41) is 7.71. The predicted octanol–water partition coefficient (Wildman–Crippen LogP) is 2.94.